The van der Waals surface area contributed by atoms with Crippen LogP contribution in [0, 0.1) is 0 Å². The van der Waals surface area contributed by atoms with Crippen LogP contribution in [0.15, 0.2) is 69.6 Å². The summed E-state index contributed by atoms with van der Waals surface area (Å²) in [5.41, 5.74) is 2.24. The molecule has 0 N–H and O–H groups in total. The third-order valence-corrected chi connectivity index (χ3v) is 6.40. The fourth-order valence-electron chi connectivity index (χ4n) is 3.94. The molecule has 0 saturated heterocycles. The number of fused-ring (bicyclic) bond motifs is 1. The van der Waals surface area contributed by atoms with E-state index in [1.807, 2.05) is 49.4 Å². The summed E-state index contributed by atoms with van der Waals surface area (Å²) < 4.78 is 18.6. The Labute approximate surface area is 201 Å². The van der Waals surface area contributed by atoms with Crippen LogP contribution in [-0.2, 0) is 9.53 Å². The first-order valence-electron chi connectivity index (χ1n) is 11.0. The summed E-state index contributed by atoms with van der Waals surface area (Å²) in [6, 6.07) is 14.3. The average molecular weight is 479 g/mol. The van der Waals surface area contributed by atoms with Gasteiger partial charge in [0.1, 0.15) is 0 Å². The molecule has 3 aromatic rings. The molecule has 2 aromatic carbocycles. The molecule has 34 heavy (non-hydrogen) atoms. The second kappa shape index (κ2) is 10.1. The molecule has 0 saturated carbocycles. The lowest BCUT2D eigenvalue weighted by atomic mass is 9.95. The van der Waals surface area contributed by atoms with E-state index in [1.54, 1.807) is 37.7 Å². The Kier molecular flexibility index (Phi) is 6.98. The van der Waals surface area contributed by atoms with E-state index in [0.717, 1.165) is 5.56 Å². The maximum absolute atomic E-state index is 13.6. The van der Waals surface area contributed by atoms with Gasteiger partial charge in [0.05, 0.1) is 42.2 Å². The summed E-state index contributed by atoms with van der Waals surface area (Å²) in [6.07, 6.45) is 1.84. The highest BCUT2D eigenvalue weighted by molar-refractivity contribution is 7.07. The third-order valence-electron chi connectivity index (χ3n) is 5.42. The summed E-state index contributed by atoms with van der Waals surface area (Å²) in [5, 5.41) is 0. The standard InChI is InChI=1S/C26H26N2O5S/c1-5-32-20-15-18(12-13-19(20)31-4)23-22(25(30)33-6-2)16(3)27-26-28(23)24(29)21(34-26)14-17-10-8-7-9-11-17/h7-15,23H,5-6H2,1-4H3/b21-14-/t23-/m1/s1. The Bertz CT molecular complexity index is 1420. The quantitative estimate of drug-likeness (QED) is 0.488. The zero-order chi connectivity index (χ0) is 24.2. The number of carbonyl (C=O) groups is 1. The number of aromatic nitrogens is 1. The zero-order valence-corrected chi connectivity index (χ0v) is 20.3. The maximum atomic E-state index is 13.6. The minimum absolute atomic E-state index is 0.216. The highest BCUT2D eigenvalue weighted by Gasteiger charge is 2.33. The van der Waals surface area contributed by atoms with Crippen LogP contribution < -0.4 is 24.4 Å². The number of ether oxygens (including phenoxy) is 3. The van der Waals surface area contributed by atoms with E-state index in [2.05, 4.69) is 4.99 Å². The summed E-state index contributed by atoms with van der Waals surface area (Å²) in [4.78, 5) is 31.8. The fourth-order valence-corrected chi connectivity index (χ4v) is 4.99. The van der Waals surface area contributed by atoms with Crippen molar-refractivity contribution in [2.75, 3.05) is 20.3 Å². The van der Waals surface area contributed by atoms with Crippen molar-refractivity contribution in [1.82, 2.24) is 4.57 Å². The van der Waals surface area contributed by atoms with Crippen LogP contribution in [0.2, 0.25) is 0 Å². The molecule has 0 radical (unpaired) electrons. The van der Waals surface area contributed by atoms with Gasteiger partial charge in [0.2, 0.25) is 0 Å². The van der Waals surface area contributed by atoms with Crippen molar-refractivity contribution in [3.63, 3.8) is 0 Å². The van der Waals surface area contributed by atoms with Crippen LogP contribution in [-0.4, -0.2) is 30.9 Å². The van der Waals surface area contributed by atoms with Crippen molar-refractivity contribution < 1.29 is 19.0 Å². The molecule has 4 rings (SSSR count). The normalized spacial score (nSPS) is 15.5. The Hall–Kier alpha value is -3.65. The molecule has 1 atom stereocenters. The SMILES string of the molecule is CCOC(=O)C1=C(C)N=c2s/c(=C\c3ccccc3)c(=O)n2[C@@H]1c1ccc(OC)c(OCC)c1. The number of benzene rings is 2. The van der Waals surface area contributed by atoms with E-state index in [4.69, 9.17) is 14.2 Å². The van der Waals surface area contributed by atoms with Crippen LogP contribution in [0.5, 0.6) is 11.5 Å². The van der Waals surface area contributed by atoms with Gasteiger partial charge >= 0.3 is 5.97 Å². The van der Waals surface area contributed by atoms with E-state index in [9.17, 15) is 9.59 Å². The molecule has 0 amide bonds. The average Bonchev–Trinajstić information content (AvgIpc) is 3.13. The fraction of sp³-hybridized carbons (Fsp3) is 0.269. The van der Waals surface area contributed by atoms with Gasteiger partial charge in [0, 0.05) is 0 Å². The monoisotopic (exact) mass is 478 g/mol. The minimum atomic E-state index is -0.710. The molecule has 1 aliphatic rings. The van der Waals surface area contributed by atoms with Crippen LogP contribution in [0.25, 0.3) is 6.08 Å². The van der Waals surface area contributed by atoms with E-state index < -0.39 is 12.0 Å². The van der Waals surface area contributed by atoms with Crippen molar-refractivity contribution in [1.29, 1.82) is 0 Å². The van der Waals surface area contributed by atoms with Crippen molar-refractivity contribution in [2.24, 2.45) is 4.99 Å². The van der Waals surface area contributed by atoms with Gasteiger partial charge in [-0.15, -0.1) is 0 Å². The highest BCUT2D eigenvalue weighted by Crippen LogP contribution is 2.36. The lowest BCUT2D eigenvalue weighted by molar-refractivity contribution is -0.139. The number of nitrogens with zero attached hydrogens (tertiary/aromatic N) is 2. The van der Waals surface area contributed by atoms with Gasteiger partial charge < -0.3 is 14.2 Å². The van der Waals surface area contributed by atoms with Crippen LogP contribution in [0.1, 0.15) is 37.9 Å². The molecular formula is C26H26N2O5S. The van der Waals surface area contributed by atoms with Crippen molar-refractivity contribution in [3.8, 4) is 11.5 Å². The van der Waals surface area contributed by atoms with E-state index in [0.29, 0.717) is 44.3 Å². The number of hydrogen-bond donors (Lipinski definition) is 0. The molecule has 1 aliphatic heterocycles. The first-order valence-corrected chi connectivity index (χ1v) is 11.9. The smallest absolute Gasteiger partial charge is 0.338 e. The first-order chi connectivity index (χ1) is 16.5. The van der Waals surface area contributed by atoms with Gasteiger partial charge in [-0.1, -0.05) is 47.7 Å². The molecule has 1 aromatic heterocycles. The van der Waals surface area contributed by atoms with E-state index in [-0.39, 0.29) is 12.2 Å². The predicted octanol–water partition coefficient (Wildman–Crippen LogP) is 3.21. The van der Waals surface area contributed by atoms with Crippen LogP contribution in [0.4, 0.5) is 0 Å². The molecule has 0 bridgehead atoms. The predicted molar refractivity (Wildman–Crippen MR) is 131 cm³/mol. The molecule has 0 spiro atoms. The molecule has 7 nitrogen and oxygen atoms in total. The Balaban J connectivity index is 1.97. The molecule has 0 unspecified atom stereocenters. The summed E-state index contributed by atoms with van der Waals surface area (Å²) in [7, 11) is 1.57. The van der Waals surface area contributed by atoms with Gasteiger partial charge in [0.15, 0.2) is 16.3 Å². The molecule has 0 aliphatic carbocycles. The number of rotatable bonds is 7. The van der Waals surface area contributed by atoms with Crippen molar-refractivity contribution >= 4 is 23.4 Å². The highest BCUT2D eigenvalue weighted by atomic mass is 32.1. The Morgan fingerprint density at radius 3 is 2.56 bits per heavy atom. The minimum Gasteiger partial charge on any atom is -0.493 e. The Morgan fingerprint density at radius 2 is 1.88 bits per heavy atom. The van der Waals surface area contributed by atoms with Gasteiger partial charge in [-0.05, 0) is 50.1 Å². The lowest BCUT2D eigenvalue weighted by Crippen LogP contribution is -2.40. The van der Waals surface area contributed by atoms with Gasteiger partial charge in [-0.2, -0.15) is 0 Å². The zero-order valence-electron chi connectivity index (χ0n) is 19.5. The lowest BCUT2D eigenvalue weighted by Gasteiger charge is -2.25. The van der Waals surface area contributed by atoms with Crippen molar-refractivity contribution in [3.05, 3.63) is 90.6 Å². The first kappa shape index (κ1) is 23.5. The van der Waals surface area contributed by atoms with Crippen molar-refractivity contribution in [2.45, 2.75) is 26.8 Å². The Morgan fingerprint density at radius 1 is 1.12 bits per heavy atom. The second-order valence-corrected chi connectivity index (χ2v) is 8.57. The maximum Gasteiger partial charge on any atom is 0.338 e. The topological polar surface area (TPSA) is 79.1 Å². The number of carbonyl (C=O) groups excluding carboxylic acids is 1. The summed E-state index contributed by atoms with van der Waals surface area (Å²) >= 11 is 1.29. The second-order valence-electron chi connectivity index (χ2n) is 7.56. The number of allylic oxidation sites excluding steroid dienone is 1. The molecular weight excluding hydrogens is 452 g/mol. The number of thiazole rings is 1. The van der Waals surface area contributed by atoms with Crippen LogP contribution >= 0.6 is 11.3 Å². The number of esters is 1. The van der Waals surface area contributed by atoms with Crippen LogP contribution in [0.3, 0.4) is 0 Å². The van der Waals surface area contributed by atoms with Gasteiger partial charge in [-0.25, -0.2) is 9.79 Å². The van der Waals surface area contributed by atoms with E-state index >= 15 is 0 Å². The third kappa shape index (κ3) is 4.41. The molecule has 176 valence electrons. The van der Waals surface area contributed by atoms with Gasteiger partial charge in [-0.3, -0.25) is 9.36 Å². The summed E-state index contributed by atoms with van der Waals surface area (Å²) in [5.74, 6) is 0.604. The summed E-state index contributed by atoms with van der Waals surface area (Å²) in [6.45, 7) is 6.05. The molecule has 2 heterocycles. The molecule has 0 fully saturated rings. The number of methoxy groups -OCH3 is 1. The largest absolute Gasteiger partial charge is 0.493 e. The van der Waals surface area contributed by atoms with Gasteiger partial charge in [0.25, 0.3) is 5.56 Å². The number of hydrogen-bond acceptors (Lipinski definition) is 7. The molecule has 8 heteroatoms. The van der Waals surface area contributed by atoms with E-state index in [1.165, 1.54) is 11.3 Å².